The average Bonchev–Trinajstić information content (AvgIpc) is 2.83. The Balaban J connectivity index is 2.44. The predicted octanol–water partition coefficient (Wildman–Crippen LogP) is 0.581. The second-order valence-corrected chi connectivity index (χ2v) is 6.61. The minimum Gasteiger partial charge on any atom is -0.480 e. The van der Waals surface area contributed by atoms with Crippen molar-refractivity contribution in [3.8, 4) is 6.07 Å². The van der Waals surface area contributed by atoms with Gasteiger partial charge in [-0.15, -0.1) is 0 Å². The average molecular weight is 295 g/mol. The molecule has 20 heavy (non-hydrogen) atoms. The molecule has 1 unspecified atom stereocenters. The van der Waals surface area contributed by atoms with Crippen LogP contribution in [0.3, 0.4) is 0 Å². The number of carboxylic acid groups (broad SMARTS) is 1. The van der Waals surface area contributed by atoms with Gasteiger partial charge in [0.05, 0.1) is 0 Å². The predicted molar refractivity (Wildman–Crippen MR) is 68.1 cm³/mol. The molecule has 0 amide bonds. The van der Waals surface area contributed by atoms with E-state index in [0.717, 1.165) is 10.5 Å². The van der Waals surface area contributed by atoms with Crippen molar-refractivity contribution >= 4 is 16.0 Å². The van der Waals surface area contributed by atoms with Gasteiger partial charge in [0, 0.05) is 12.7 Å². The second-order valence-electron chi connectivity index (χ2n) is 4.75. The van der Waals surface area contributed by atoms with Gasteiger partial charge in [0.25, 0.3) is 0 Å². The number of aromatic nitrogens is 1. The van der Waals surface area contributed by atoms with E-state index in [2.05, 4.69) is 4.98 Å². The Labute approximate surface area is 116 Å². The molecule has 0 radical (unpaired) electrons. The fourth-order valence-corrected chi connectivity index (χ4v) is 4.01. The molecule has 1 fully saturated rings. The van der Waals surface area contributed by atoms with E-state index in [-0.39, 0.29) is 23.6 Å². The molecule has 0 saturated carbocycles. The summed E-state index contributed by atoms with van der Waals surface area (Å²) in [6.07, 6.45) is 1.84. The van der Waals surface area contributed by atoms with Crippen molar-refractivity contribution in [1.29, 1.82) is 5.26 Å². The Hall–Kier alpha value is -1.98. The minimum atomic E-state index is -3.94. The number of pyridine rings is 1. The second kappa shape index (κ2) is 4.85. The van der Waals surface area contributed by atoms with Crippen molar-refractivity contribution in [3.63, 3.8) is 0 Å². The monoisotopic (exact) mass is 295 g/mol. The first-order valence-corrected chi connectivity index (χ1v) is 7.39. The van der Waals surface area contributed by atoms with Crippen LogP contribution in [0.2, 0.25) is 0 Å². The molecule has 106 valence electrons. The van der Waals surface area contributed by atoms with Gasteiger partial charge in [0.2, 0.25) is 10.0 Å². The van der Waals surface area contributed by atoms with Crippen LogP contribution in [0.4, 0.5) is 0 Å². The number of hydrogen-bond donors (Lipinski definition) is 1. The van der Waals surface area contributed by atoms with Crippen molar-refractivity contribution in [1.82, 2.24) is 9.29 Å². The first kappa shape index (κ1) is 14.4. The molecule has 0 aliphatic carbocycles. The summed E-state index contributed by atoms with van der Waals surface area (Å²) in [6, 6.07) is 4.35. The van der Waals surface area contributed by atoms with Gasteiger partial charge in [-0.3, -0.25) is 4.79 Å². The molecule has 1 aliphatic rings. The summed E-state index contributed by atoms with van der Waals surface area (Å²) in [4.78, 5) is 15.0. The smallest absolute Gasteiger partial charge is 0.324 e. The van der Waals surface area contributed by atoms with E-state index in [9.17, 15) is 18.3 Å². The molecule has 7 nitrogen and oxygen atoms in total. The van der Waals surface area contributed by atoms with E-state index in [1.165, 1.54) is 19.1 Å². The van der Waals surface area contributed by atoms with E-state index in [0.29, 0.717) is 6.42 Å². The third kappa shape index (κ3) is 2.15. The molecule has 0 bridgehead atoms. The van der Waals surface area contributed by atoms with Crippen molar-refractivity contribution in [3.05, 3.63) is 24.0 Å². The normalized spacial score (nSPS) is 23.4. The number of sulfonamides is 1. The standard InChI is InChI=1S/C12H13N3O4S/c1-12(11(16)17)5-2-6-15(12)20(18,19)10-4-3-9(7-13)14-8-10/h3-4,8H,2,5-6H2,1H3,(H,16,17). The van der Waals surface area contributed by atoms with Gasteiger partial charge in [-0.1, -0.05) is 0 Å². The highest BCUT2D eigenvalue weighted by Crippen LogP contribution is 2.34. The van der Waals surface area contributed by atoms with Gasteiger partial charge < -0.3 is 5.11 Å². The van der Waals surface area contributed by atoms with Gasteiger partial charge in [-0.25, -0.2) is 13.4 Å². The Morgan fingerprint density at radius 1 is 1.55 bits per heavy atom. The maximum Gasteiger partial charge on any atom is 0.324 e. The molecule has 0 spiro atoms. The van der Waals surface area contributed by atoms with E-state index in [1.54, 1.807) is 6.07 Å². The zero-order chi connectivity index (χ0) is 15.0. The Morgan fingerprint density at radius 2 is 2.25 bits per heavy atom. The molecular weight excluding hydrogens is 282 g/mol. The minimum absolute atomic E-state index is 0.103. The zero-order valence-electron chi connectivity index (χ0n) is 10.8. The van der Waals surface area contributed by atoms with E-state index >= 15 is 0 Å². The van der Waals surface area contributed by atoms with Crippen molar-refractivity contribution in [2.45, 2.75) is 30.2 Å². The molecular formula is C12H13N3O4S. The largest absolute Gasteiger partial charge is 0.480 e. The molecule has 2 rings (SSSR count). The molecule has 1 aliphatic heterocycles. The lowest BCUT2D eigenvalue weighted by atomic mass is 10.0. The first-order chi connectivity index (χ1) is 9.32. The molecule has 1 atom stereocenters. The number of aliphatic carboxylic acids is 1. The number of carboxylic acids is 1. The van der Waals surface area contributed by atoms with Crippen LogP contribution in [0.25, 0.3) is 0 Å². The van der Waals surface area contributed by atoms with E-state index in [1.807, 2.05) is 0 Å². The number of rotatable bonds is 3. The highest BCUT2D eigenvalue weighted by atomic mass is 32.2. The molecule has 1 saturated heterocycles. The molecule has 0 aromatic carbocycles. The SMILES string of the molecule is CC1(C(=O)O)CCCN1S(=O)(=O)c1ccc(C#N)nc1. The lowest BCUT2D eigenvalue weighted by Gasteiger charge is -2.30. The summed E-state index contributed by atoms with van der Waals surface area (Å²) in [5.41, 5.74) is -1.33. The topological polar surface area (TPSA) is 111 Å². The van der Waals surface area contributed by atoms with Crippen molar-refractivity contribution in [2.75, 3.05) is 6.54 Å². The van der Waals surface area contributed by atoms with Gasteiger partial charge in [-0.2, -0.15) is 9.57 Å². The van der Waals surface area contributed by atoms with Crippen LogP contribution < -0.4 is 0 Å². The summed E-state index contributed by atoms with van der Waals surface area (Å²) in [6.45, 7) is 1.56. The van der Waals surface area contributed by atoms with Crippen molar-refractivity contribution in [2.24, 2.45) is 0 Å². The van der Waals surface area contributed by atoms with Gasteiger partial charge in [0.1, 0.15) is 22.2 Å². The number of hydrogen-bond acceptors (Lipinski definition) is 5. The highest BCUT2D eigenvalue weighted by Gasteiger charge is 2.49. The number of nitrogens with zero attached hydrogens (tertiary/aromatic N) is 3. The third-order valence-electron chi connectivity index (χ3n) is 3.47. The van der Waals surface area contributed by atoms with Gasteiger partial charge in [-0.05, 0) is 31.9 Å². The molecule has 8 heteroatoms. The van der Waals surface area contributed by atoms with Gasteiger partial charge >= 0.3 is 5.97 Å². The van der Waals surface area contributed by atoms with Crippen LogP contribution in [-0.2, 0) is 14.8 Å². The van der Waals surface area contributed by atoms with Crippen molar-refractivity contribution < 1.29 is 18.3 Å². The van der Waals surface area contributed by atoms with Crippen LogP contribution in [0.1, 0.15) is 25.5 Å². The number of nitriles is 1. The fraction of sp³-hybridized carbons (Fsp3) is 0.417. The van der Waals surface area contributed by atoms with Crippen LogP contribution in [-0.4, -0.2) is 40.9 Å². The quantitative estimate of drug-likeness (QED) is 0.873. The van der Waals surface area contributed by atoms with Crippen LogP contribution in [0, 0.1) is 11.3 Å². The fourth-order valence-electron chi connectivity index (χ4n) is 2.26. The summed E-state index contributed by atoms with van der Waals surface area (Å²) < 4.78 is 26.0. The summed E-state index contributed by atoms with van der Waals surface area (Å²) in [5, 5.41) is 17.9. The van der Waals surface area contributed by atoms with Crippen LogP contribution in [0.5, 0.6) is 0 Å². The lowest BCUT2D eigenvalue weighted by molar-refractivity contribution is -0.146. The summed E-state index contributed by atoms with van der Waals surface area (Å²) >= 11 is 0. The zero-order valence-corrected chi connectivity index (χ0v) is 11.6. The molecule has 2 heterocycles. The van der Waals surface area contributed by atoms with Crippen LogP contribution in [0.15, 0.2) is 23.2 Å². The third-order valence-corrected chi connectivity index (χ3v) is 5.48. The number of carbonyl (C=O) groups is 1. The van der Waals surface area contributed by atoms with E-state index < -0.39 is 21.5 Å². The summed E-state index contributed by atoms with van der Waals surface area (Å²) in [5.74, 6) is -1.17. The Morgan fingerprint density at radius 3 is 2.75 bits per heavy atom. The molecule has 1 N–H and O–H groups in total. The van der Waals surface area contributed by atoms with E-state index in [4.69, 9.17) is 5.26 Å². The van der Waals surface area contributed by atoms with Crippen LogP contribution >= 0.6 is 0 Å². The maximum absolute atomic E-state index is 12.5. The first-order valence-electron chi connectivity index (χ1n) is 5.95. The Kier molecular flexibility index (Phi) is 3.50. The molecule has 1 aromatic heterocycles. The highest BCUT2D eigenvalue weighted by molar-refractivity contribution is 7.89. The van der Waals surface area contributed by atoms with Gasteiger partial charge in [0.15, 0.2) is 0 Å². The summed E-state index contributed by atoms with van der Waals surface area (Å²) in [7, 11) is -3.94. The maximum atomic E-state index is 12.5. The molecule has 1 aromatic rings. The Bertz CT molecular complexity index is 678. The lowest BCUT2D eigenvalue weighted by Crippen LogP contribution is -2.50.